The highest BCUT2D eigenvalue weighted by Gasteiger charge is 2.30. The fourth-order valence-electron chi connectivity index (χ4n) is 2.31. The molecule has 2 unspecified atom stereocenters. The van der Waals surface area contributed by atoms with Crippen LogP contribution in [0.2, 0.25) is 5.02 Å². The van der Waals surface area contributed by atoms with Crippen LogP contribution in [0.4, 0.5) is 0 Å². The Morgan fingerprint density at radius 3 is 2.75 bits per heavy atom. The van der Waals surface area contributed by atoms with Gasteiger partial charge in [-0.15, -0.1) is 0 Å². The molecule has 0 aliphatic heterocycles. The highest BCUT2D eigenvalue weighted by atomic mass is 35.5. The van der Waals surface area contributed by atoms with E-state index in [1.807, 2.05) is 0 Å². The van der Waals surface area contributed by atoms with E-state index >= 15 is 0 Å². The van der Waals surface area contributed by atoms with Crippen LogP contribution in [0.3, 0.4) is 0 Å². The summed E-state index contributed by atoms with van der Waals surface area (Å²) in [6.07, 6.45) is 1.77. The van der Waals surface area contributed by atoms with Gasteiger partial charge < -0.3 is 15.2 Å². The van der Waals surface area contributed by atoms with E-state index < -0.39 is 5.97 Å². The first-order chi connectivity index (χ1) is 9.56. The maximum absolute atomic E-state index is 11.7. The Morgan fingerprint density at radius 2 is 2.10 bits per heavy atom. The molecule has 1 aliphatic rings. The van der Waals surface area contributed by atoms with Gasteiger partial charge in [-0.1, -0.05) is 23.7 Å². The Morgan fingerprint density at radius 1 is 1.35 bits per heavy atom. The smallest absolute Gasteiger partial charge is 0.306 e. The number of carboxylic acid groups (broad SMARTS) is 1. The summed E-state index contributed by atoms with van der Waals surface area (Å²) in [6.45, 7) is -0.127. The lowest BCUT2D eigenvalue weighted by molar-refractivity contribution is -0.141. The average Bonchev–Trinajstić information content (AvgIpc) is 2.86. The fourth-order valence-corrected chi connectivity index (χ4v) is 2.50. The third-order valence-electron chi connectivity index (χ3n) is 3.34. The van der Waals surface area contributed by atoms with Crippen molar-refractivity contribution in [3.05, 3.63) is 29.3 Å². The second-order valence-electron chi connectivity index (χ2n) is 4.83. The predicted octanol–water partition coefficient (Wildman–Crippen LogP) is 2.09. The lowest BCUT2D eigenvalue weighted by Crippen LogP contribution is -2.36. The molecule has 0 heterocycles. The molecule has 1 aromatic carbocycles. The first-order valence-electron chi connectivity index (χ1n) is 6.45. The normalized spacial score (nSPS) is 21.4. The van der Waals surface area contributed by atoms with Gasteiger partial charge in [0.15, 0.2) is 6.61 Å². The Kier molecular flexibility index (Phi) is 4.84. The van der Waals surface area contributed by atoms with Crippen LogP contribution in [0.1, 0.15) is 19.3 Å². The van der Waals surface area contributed by atoms with E-state index in [2.05, 4.69) is 5.32 Å². The fraction of sp³-hybridized carbons (Fsp3) is 0.429. The number of amides is 1. The van der Waals surface area contributed by atoms with Gasteiger partial charge in [0.2, 0.25) is 0 Å². The van der Waals surface area contributed by atoms with Gasteiger partial charge in [0, 0.05) is 6.04 Å². The monoisotopic (exact) mass is 297 g/mol. The van der Waals surface area contributed by atoms with Crippen LogP contribution < -0.4 is 10.1 Å². The molecule has 1 fully saturated rings. The first-order valence-corrected chi connectivity index (χ1v) is 6.83. The van der Waals surface area contributed by atoms with E-state index in [0.717, 1.165) is 0 Å². The van der Waals surface area contributed by atoms with Crippen molar-refractivity contribution in [2.24, 2.45) is 5.92 Å². The van der Waals surface area contributed by atoms with Gasteiger partial charge in [-0.3, -0.25) is 9.59 Å². The number of hydrogen-bond donors (Lipinski definition) is 2. The van der Waals surface area contributed by atoms with E-state index in [0.29, 0.717) is 30.0 Å². The maximum Gasteiger partial charge on any atom is 0.306 e. The Labute approximate surface area is 121 Å². The van der Waals surface area contributed by atoms with Crippen molar-refractivity contribution >= 4 is 23.5 Å². The zero-order valence-corrected chi connectivity index (χ0v) is 11.6. The molecule has 0 spiro atoms. The number of carbonyl (C=O) groups excluding carboxylic acids is 1. The second-order valence-corrected chi connectivity index (χ2v) is 5.24. The van der Waals surface area contributed by atoms with Crippen LogP contribution in [0.5, 0.6) is 5.75 Å². The van der Waals surface area contributed by atoms with E-state index in [4.69, 9.17) is 21.4 Å². The van der Waals surface area contributed by atoms with Gasteiger partial charge in [0.1, 0.15) is 5.75 Å². The third kappa shape index (κ3) is 3.87. The van der Waals surface area contributed by atoms with Crippen LogP contribution in [0.15, 0.2) is 24.3 Å². The van der Waals surface area contributed by atoms with Crippen LogP contribution in [0.25, 0.3) is 0 Å². The summed E-state index contributed by atoms with van der Waals surface area (Å²) in [5.74, 6) is -0.959. The topological polar surface area (TPSA) is 75.6 Å². The quantitative estimate of drug-likeness (QED) is 0.872. The lowest BCUT2D eigenvalue weighted by Gasteiger charge is -2.13. The third-order valence-corrected chi connectivity index (χ3v) is 3.65. The number of rotatable bonds is 5. The first kappa shape index (κ1) is 14.7. The van der Waals surface area contributed by atoms with Crippen LogP contribution in [-0.2, 0) is 9.59 Å². The molecule has 0 saturated heterocycles. The van der Waals surface area contributed by atoms with Gasteiger partial charge in [-0.2, -0.15) is 0 Å². The molecule has 1 aliphatic carbocycles. The van der Waals surface area contributed by atoms with Crippen LogP contribution in [0, 0.1) is 5.92 Å². The summed E-state index contributed by atoms with van der Waals surface area (Å²) < 4.78 is 5.32. The van der Waals surface area contributed by atoms with Crippen molar-refractivity contribution in [2.45, 2.75) is 25.3 Å². The Hall–Kier alpha value is -1.75. The van der Waals surface area contributed by atoms with Gasteiger partial charge in [-0.05, 0) is 31.4 Å². The number of hydrogen-bond acceptors (Lipinski definition) is 3. The number of nitrogens with one attached hydrogen (secondary N) is 1. The van der Waals surface area contributed by atoms with E-state index in [-0.39, 0.29) is 24.5 Å². The van der Waals surface area contributed by atoms with Crippen LogP contribution >= 0.6 is 11.6 Å². The molecule has 2 atom stereocenters. The largest absolute Gasteiger partial charge is 0.482 e. The van der Waals surface area contributed by atoms with Gasteiger partial charge >= 0.3 is 5.97 Å². The summed E-state index contributed by atoms with van der Waals surface area (Å²) in [5, 5.41) is 12.1. The minimum absolute atomic E-state index is 0.0848. The number of halogens is 1. The maximum atomic E-state index is 11.7. The second kappa shape index (κ2) is 6.61. The molecule has 1 saturated carbocycles. The minimum atomic E-state index is -0.797. The summed E-state index contributed by atoms with van der Waals surface area (Å²) >= 11 is 5.91. The van der Waals surface area contributed by atoms with Crippen molar-refractivity contribution in [3.63, 3.8) is 0 Å². The summed E-state index contributed by atoms with van der Waals surface area (Å²) in [5.41, 5.74) is 0. The predicted molar refractivity (Wildman–Crippen MR) is 73.9 cm³/mol. The van der Waals surface area contributed by atoms with Gasteiger partial charge in [0.05, 0.1) is 10.9 Å². The molecular formula is C14H16ClNO4. The molecule has 2 rings (SSSR count). The number of carbonyl (C=O) groups is 2. The molecule has 1 aromatic rings. The zero-order chi connectivity index (χ0) is 14.5. The summed E-state index contributed by atoms with van der Waals surface area (Å²) in [6, 6.07) is 6.83. The van der Waals surface area contributed by atoms with Gasteiger partial charge in [-0.25, -0.2) is 0 Å². The molecule has 6 heteroatoms. The highest BCUT2D eigenvalue weighted by Crippen LogP contribution is 2.26. The molecule has 0 aromatic heterocycles. The van der Waals surface area contributed by atoms with E-state index in [1.165, 1.54) is 0 Å². The molecule has 0 radical (unpaired) electrons. The standard InChI is InChI=1S/C14H16ClNO4/c15-11-3-1-2-4-12(11)20-8-13(17)16-10-6-5-9(7-10)14(18)19/h1-4,9-10H,5-8H2,(H,16,17)(H,18,19). The van der Waals surface area contributed by atoms with Crippen molar-refractivity contribution in [3.8, 4) is 5.75 Å². The highest BCUT2D eigenvalue weighted by molar-refractivity contribution is 6.32. The number of benzene rings is 1. The molecule has 0 bridgehead atoms. The van der Waals surface area contributed by atoms with Gasteiger partial charge in [0.25, 0.3) is 5.91 Å². The molecule has 1 amide bonds. The number of aliphatic carboxylic acids is 1. The number of ether oxygens (including phenoxy) is 1. The Balaban J connectivity index is 1.77. The Bertz CT molecular complexity index is 506. The molecule has 20 heavy (non-hydrogen) atoms. The lowest BCUT2D eigenvalue weighted by atomic mass is 10.1. The van der Waals surface area contributed by atoms with Crippen LogP contribution in [-0.4, -0.2) is 29.6 Å². The molecular weight excluding hydrogens is 282 g/mol. The zero-order valence-electron chi connectivity index (χ0n) is 10.8. The molecule has 5 nitrogen and oxygen atoms in total. The summed E-state index contributed by atoms with van der Waals surface area (Å²) in [4.78, 5) is 22.6. The van der Waals surface area contributed by atoms with Crippen molar-refractivity contribution < 1.29 is 19.4 Å². The van der Waals surface area contributed by atoms with Crippen molar-refractivity contribution in [2.75, 3.05) is 6.61 Å². The average molecular weight is 298 g/mol. The van der Waals surface area contributed by atoms with Crippen molar-refractivity contribution in [1.29, 1.82) is 0 Å². The number of para-hydroxylation sites is 1. The molecule has 108 valence electrons. The number of carboxylic acids is 1. The van der Waals surface area contributed by atoms with E-state index in [9.17, 15) is 9.59 Å². The SMILES string of the molecule is O=C(COc1ccccc1Cl)NC1CCC(C(=O)O)C1. The minimum Gasteiger partial charge on any atom is -0.482 e. The summed E-state index contributed by atoms with van der Waals surface area (Å²) in [7, 11) is 0. The van der Waals surface area contributed by atoms with E-state index in [1.54, 1.807) is 24.3 Å². The van der Waals surface area contributed by atoms with Crippen molar-refractivity contribution in [1.82, 2.24) is 5.32 Å². The molecule has 2 N–H and O–H groups in total.